The number of aromatic amines is 1. The van der Waals surface area contributed by atoms with E-state index < -0.39 is 0 Å². The molecule has 0 aliphatic heterocycles. The minimum absolute atomic E-state index is 0.0489. The number of nitrogens with one attached hydrogen (secondary N) is 2. The van der Waals surface area contributed by atoms with E-state index in [-0.39, 0.29) is 17.8 Å². The van der Waals surface area contributed by atoms with E-state index >= 15 is 0 Å². The summed E-state index contributed by atoms with van der Waals surface area (Å²) in [5.41, 5.74) is 1.08. The first-order valence-corrected chi connectivity index (χ1v) is 6.26. The highest BCUT2D eigenvalue weighted by molar-refractivity contribution is 5.90. The molecule has 1 aromatic carbocycles. The minimum Gasteiger partial charge on any atom is -0.342 e. The van der Waals surface area contributed by atoms with Crippen molar-refractivity contribution in [3.8, 4) is 0 Å². The Morgan fingerprint density at radius 1 is 1.32 bits per heavy atom. The summed E-state index contributed by atoms with van der Waals surface area (Å²) >= 11 is 0. The van der Waals surface area contributed by atoms with Gasteiger partial charge in [-0.25, -0.2) is 0 Å². The molecule has 1 atom stereocenters. The number of hydrogen-bond acceptors (Lipinski definition) is 4. The summed E-state index contributed by atoms with van der Waals surface area (Å²) in [7, 11) is 0. The Hall–Kier alpha value is -2.24. The van der Waals surface area contributed by atoms with Gasteiger partial charge in [-0.1, -0.05) is 44.2 Å². The normalized spacial score (nSPS) is 12.4. The molecule has 1 amide bonds. The van der Waals surface area contributed by atoms with Crippen LogP contribution in [0.15, 0.2) is 30.3 Å². The van der Waals surface area contributed by atoms with Crippen molar-refractivity contribution in [2.24, 2.45) is 5.92 Å². The van der Waals surface area contributed by atoms with Crippen molar-refractivity contribution in [1.29, 1.82) is 0 Å². The lowest BCUT2D eigenvalue weighted by molar-refractivity contribution is 0.0921. The Morgan fingerprint density at radius 2 is 2.05 bits per heavy atom. The highest BCUT2D eigenvalue weighted by Crippen LogP contribution is 2.21. The van der Waals surface area contributed by atoms with Crippen molar-refractivity contribution < 1.29 is 4.79 Å². The first-order valence-electron chi connectivity index (χ1n) is 6.26. The maximum atomic E-state index is 12.0. The molecule has 0 bridgehead atoms. The molecule has 6 heteroatoms. The second-order valence-electron chi connectivity index (χ2n) is 4.80. The van der Waals surface area contributed by atoms with Gasteiger partial charge in [-0.3, -0.25) is 4.79 Å². The van der Waals surface area contributed by atoms with E-state index in [9.17, 15) is 4.79 Å². The fourth-order valence-electron chi connectivity index (χ4n) is 1.92. The van der Waals surface area contributed by atoms with Gasteiger partial charge >= 0.3 is 0 Å². The zero-order chi connectivity index (χ0) is 13.7. The predicted octanol–water partition coefficient (Wildman–Crippen LogP) is 1.72. The number of benzene rings is 1. The van der Waals surface area contributed by atoms with Gasteiger partial charge in [0.15, 0.2) is 0 Å². The minimum atomic E-state index is -0.316. The zero-order valence-corrected chi connectivity index (χ0v) is 11.0. The van der Waals surface area contributed by atoms with Gasteiger partial charge in [0.25, 0.3) is 11.7 Å². The van der Waals surface area contributed by atoms with Crippen LogP contribution < -0.4 is 5.32 Å². The molecule has 0 aliphatic rings. The van der Waals surface area contributed by atoms with Crippen molar-refractivity contribution in [2.45, 2.75) is 26.3 Å². The highest BCUT2D eigenvalue weighted by Gasteiger charge is 2.19. The van der Waals surface area contributed by atoms with E-state index in [4.69, 9.17) is 0 Å². The average molecular weight is 259 g/mol. The Balaban J connectivity index is 2.13. The maximum absolute atomic E-state index is 12.0. The Bertz CT molecular complexity index is 509. The standard InChI is InChI=1S/C13H17N5O/c1-9(2)8-11(10-6-4-3-5-7-10)14-13(19)12-15-17-18-16-12/h3-7,9,11H,8H2,1-2H3,(H,14,19)(H,15,16,17,18). The fraction of sp³-hybridized carbons (Fsp3) is 0.385. The molecular formula is C13H17N5O. The van der Waals surface area contributed by atoms with Gasteiger partial charge in [0.05, 0.1) is 6.04 Å². The van der Waals surface area contributed by atoms with E-state index in [1.807, 2.05) is 30.3 Å². The van der Waals surface area contributed by atoms with Crippen LogP contribution in [0.1, 0.15) is 42.5 Å². The molecule has 0 radical (unpaired) electrons. The molecule has 1 heterocycles. The van der Waals surface area contributed by atoms with Crippen LogP contribution in [-0.2, 0) is 0 Å². The van der Waals surface area contributed by atoms with E-state index in [0.29, 0.717) is 5.92 Å². The van der Waals surface area contributed by atoms with Gasteiger partial charge in [-0.15, -0.1) is 10.2 Å². The molecule has 0 saturated heterocycles. The lowest BCUT2D eigenvalue weighted by Gasteiger charge is -2.20. The molecular weight excluding hydrogens is 242 g/mol. The quantitative estimate of drug-likeness (QED) is 0.856. The lowest BCUT2D eigenvalue weighted by Crippen LogP contribution is -2.30. The predicted molar refractivity (Wildman–Crippen MR) is 70.3 cm³/mol. The lowest BCUT2D eigenvalue weighted by atomic mass is 9.97. The number of nitrogens with zero attached hydrogens (tertiary/aromatic N) is 3. The van der Waals surface area contributed by atoms with Gasteiger partial charge in [0.2, 0.25) is 0 Å². The van der Waals surface area contributed by atoms with Crippen LogP contribution in [0.2, 0.25) is 0 Å². The number of H-pyrrole nitrogens is 1. The molecule has 6 nitrogen and oxygen atoms in total. The molecule has 0 aliphatic carbocycles. The third-order valence-electron chi connectivity index (χ3n) is 2.76. The second-order valence-corrected chi connectivity index (χ2v) is 4.80. The maximum Gasteiger partial charge on any atom is 0.293 e. The number of rotatable bonds is 5. The third-order valence-corrected chi connectivity index (χ3v) is 2.76. The van der Waals surface area contributed by atoms with Crippen molar-refractivity contribution >= 4 is 5.91 Å². The summed E-state index contributed by atoms with van der Waals surface area (Å²) in [5.74, 6) is 0.212. The van der Waals surface area contributed by atoms with E-state index in [1.165, 1.54) is 0 Å². The van der Waals surface area contributed by atoms with Gasteiger partial charge in [-0.05, 0) is 23.1 Å². The summed E-state index contributed by atoms with van der Waals surface area (Å²) in [6.07, 6.45) is 0.855. The van der Waals surface area contributed by atoms with Crippen LogP contribution in [0.5, 0.6) is 0 Å². The Labute approximate surface area is 111 Å². The summed E-state index contributed by atoms with van der Waals surface area (Å²) in [6, 6.07) is 9.84. The van der Waals surface area contributed by atoms with Gasteiger partial charge in [0.1, 0.15) is 0 Å². The summed E-state index contributed by atoms with van der Waals surface area (Å²) in [4.78, 5) is 12.0. The van der Waals surface area contributed by atoms with Crippen molar-refractivity contribution in [2.75, 3.05) is 0 Å². The highest BCUT2D eigenvalue weighted by atomic mass is 16.2. The van der Waals surface area contributed by atoms with E-state index in [0.717, 1.165) is 12.0 Å². The van der Waals surface area contributed by atoms with Crippen LogP contribution in [0.4, 0.5) is 0 Å². The van der Waals surface area contributed by atoms with E-state index in [1.54, 1.807) is 0 Å². The smallest absolute Gasteiger partial charge is 0.293 e. The van der Waals surface area contributed by atoms with Gasteiger partial charge in [0, 0.05) is 0 Å². The summed E-state index contributed by atoms with van der Waals surface area (Å²) in [6.45, 7) is 4.24. The largest absolute Gasteiger partial charge is 0.342 e. The van der Waals surface area contributed by atoms with E-state index in [2.05, 4.69) is 39.8 Å². The molecule has 0 spiro atoms. The van der Waals surface area contributed by atoms with Crippen LogP contribution in [-0.4, -0.2) is 26.5 Å². The van der Waals surface area contributed by atoms with Crippen LogP contribution in [0, 0.1) is 5.92 Å². The van der Waals surface area contributed by atoms with Crippen molar-refractivity contribution in [3.63, 3.8) is 0 Å². The number of carbonyl (C=O) groups excluding carboxylic acids is 1. The number of aromatic nitrogens is 4. The Kier molecular flexibility index (Phi) is 4.22. The molecule has 100 valence electrons. The zero-order valence-electron chi connectivity index (χ0n) is 11.0. The van der Waals surface area contributed by atoms with Gasteiger partial charge < -0.3 is 5.32 Å². The van der Waals surface area contributed by atoms with Crippen LogP contribution in [0.3, 0.4) is 0 Å². The number of amides is 1. The first-order chi connectivity index (χ1) is 9.16. The third kappa shape index (κ3) is 3.61. The molecule has 2 N–H and O–H groups in total. The van der Waals surface area contributed by atoms with Crippen molar-refractivity contribution in [3.05, 3.63) is 41.7 Å². The van der Waals surface area contributed by atoms with Crippen LogP contribution in [0.25, 0.3) is 0 Å². The number of carbonyl (C=O) groups is 1. The summed E-state index contributed by atoms with van der Waals surface area (Å²) in [5, 5.41) is 16.0. The summed E-state index contributed by atoms with van der Waals surface area (Å²) < 4.78 is 0. The second kappa shape index (κ2) is 6.08. The topological polar surface area (TPSA) is 83.6 Å². The SMILES string of the molecule is CC(C)CC(NC(=O)c1nn[nH]n1)c1ccccc1. The van der Waals surface area contributed by atoms with Crippen molar-refractivity contribution in [1.82, 2.24) is 25.9 Å². The van der Waals surface area contributed by atoms with Crippen LogP contribution >= 0.6 is 0 Å². The fourth-order valence-corrected chi connectivity index (χ4v) is 1.92. The molecule has 0 fully saturated rings. The molecule has 0 saturated carbocycles. The molecule has 19 heavy (non-hydrogen) atoms. The number of hydrogen-bond donors (Lipinski definition) is 2. The molecule has 1 unspecified atom stereocenters. The number of tetrazole rings is 1. The molecule has 1 aromatic heterocycles. The Morgan fingerprint density at radius 3 is 2.63 bits per heavy atom. The monoisotopic (exact) mass is 259 g/mol. The molecule has 2 rings (SSSR count). The van der Waals surface area contributed by atoms with Gasteiger partial charge in [-0.2, -0.15) is 5.21 Å². The molecule has 2 aromatic rings. The average Bonchev–Trinajstić information content (AvgIpc) is 2.92. The first kappa shape index (κ1) is 13.2.